The van der Waals surface area contributed by atoms with Gasteiger partial charge in [0.25, 0.3) is 0 Å². The van der Waals surface area contributed by atoms with Crippen molar-refractivity contribution >= 4 is 15.9 Å². The summed E-state index contributed by atoms with van der Waals surface area (Å²) in [6.45, 7) is 3.24. The number of ether oxygens (including phenoxy) is 1. The molecule has 0 aliphatic heterocycles. The normalized spacial score (nSPS) is 25.8. The van der Waals surface area contributed by atoms with Crippen LogP contribution in [0.3, 0.4) is 0 Å². The van der Waals surface area contributed by atoms with Crippen molar-refractivity contribution in [2.45, 2.75) is 70.6 Å². The van der Waals surface area contributed by atoms with Gasteiger partial charge in [0, 0.05) is 17.1 Å². The number of halogens is 1. The Morgan fingerprint density at radius 3 is 2.86 bits per heavy atom. The number of benzene rings is 1. The van der Waals surface area contributed by atoms with E-state index in [0.717, 1.165) is 24.3 Å². The van der Waals surface area contributed by atoms with Crippen LogP contribution in [0.15, 0.2) is 22.7 Å². The van der Waals surface area contributed by atoms with Crippen LogP contribution in [0, 0.1) is 5.92 Å². The highest BCUT2D eigenvalue weighted by molar-refractivity contribution is 9.10. The summed E-state index contributed by atoms with van der Waals surface area (Å²) >= 11 is 3.65. The van der Waals surface area contributed by atoms with E-state index >= 15 is 0 Å². The van der Waals surface area contributed by atoms with Gasteiger partial charge in [0.2, 0.25) is 0 Å². The van der Waals surface area contributed by atoms with Crippen molar-refractivity contribution in [3.05, 3.63) is 28.2 Å². The van der Waals surface area contributed by atoms with E-state index in [4.69, 9.17) is 4.74 Å². The van der Waals surface area contributed by atoms with Crippen LogP contribution in [-0.4, -0.2) is 12.1 Å². The molecule has 2 fully saturated rings. The van der Waals surface area contributed by atoms with Gasteiger partial charge >= 0.3 is 0 Å². The van der Waals surface area contributed by atoms with Crippen molar-refractivity contribution in [1.82, 2.24) is 5.32 Å². The van der Waals surface area contributed by atoms with Gasteiger partial charge in [-0.3, -0.25) is 0 Å². The molecule has 0 saturated heterocycles. The highest BCUT2D eigenvalue weighted by Crippen LogP contribution is 2.31. The second-order valence-corrected chi connectivity index (χ2v) is 7.44. The van der Waals surface area contributed by atoms with Gasteiger partial charge in [-0.1, -0.05) is 35.7 Å². The molecule has 0 aromatic heterocycles. The monoisotopic (exact) mass is 351 g/mol. The Labute approximate surface area is 136 Å². The Kier molecular flexibility index (Phi) is 5.23. The number of rotatable bonds is 6. The molecule has 0 radical (unpaired) electrons. The molecular weight excluding hydrogens is 326 g/mol. The van der Waals surface area contributed by atoms with E-state index in [1.807, 2.05) is 0 Å². The molecule has 0 bridgehead atoms. The maximum atomic E-state index is 6.26. The SMILES string of the molecule is CCC1CCCC(Oc2ccc(Br)c(CNC3CC3)c2)C1. The molecule has 2 atom stereocenters. The largest absolute Gasteiger partial charge is 0.490 e. The molecule has 3 rings (SSSR count). The Balaban J connectivity index is 1.60. The second-order valence-electron chi connectivity index (χ2n) is 6.59. The third-order valence-corrected chi connectivity index (χ3v) is 5.56. The molecule has 0 amide bonds. The predicted octanol–water partition coefficient (Wildman–Crippen LogP) is 5.05. The van der Waals surface area contributed by atoms with E-state index < -0.39 is 0 Å². The fourth-order valence-electron chi connectivity index (χ4n) is 3.21. The van der Waals surface area contributed by atoms with Gasteiger partial charge in [-0.05, 0) is 61.8 Å². The minimum atomic E-state index is 0.411. The molecule has 116 valence electrons. The molecule has 21 heavy (non-hydrogen) atoms. The highest BCUT2D eigenvalue weighted by atomic mass is 79.9. The van der Waals surface area contributed by atoms with E-state index in [-0.39, 0.29) is 0 Å². The molecule has 2 saturated carbocycles. The molecule has 0 spiro atoms. The van der Waals surface area contributed by atoms with Crippen molar-refractivity contribution in [2.24, 2.45) is 5.92 Å². The fourth-order valence-corrected chi connectivity index (χ4v) is 3.60. The fraction of sp³-hybridized carbons (Fsp3) is 0.667. The summed E-state index contributed by atoms with van der Waals surface area (Å²) in [6.07, 6.45) is 9.49. The van der Waals surface area contributed by atoms with Crippen LogP contribution in [-0.2, 0) is 6.54 Å². The van der Waals surface area contributed by atoms with Gasteiger partial charge < -0.3 is 10.1 Å². The Hall–Kier alpha value is -0.540. The lowest BCUT2D eigenvalue weighted by molar-refractivity contribution is 0.122. The molecular formula is C18H26BrNO. The summed E-state index contributed by atoms with van der Waals surface area (Å²) in [6, 6.07) is 7.17. The second kappa shape index (κ2) is 7.15. The lowest BCUT2D eigenvalue weighted by Gasteiger charge is -2.29. The first-order chi connectivity index (χ1) is 10.2. The van der Waals surface area contributed by atoms with Crippen LogP contribution in [0.1, 0.15) is 57.4 Å². The summed E-state index contributed by atoms with van der Waals surface area (Å²) < 4.78 is 7.44. The zero-order valence-corrected chi connectivity index (χ0v) is 14.5. The molecule has 1 N–H and O–H groups in total. The molecule has 2 nitrogen and oxygen atoms in total. The van der Waals surface area contributed by atoms with Gasteiger partial charge in [-0.15, -0.1) is 0 Å². The number of hydrogen-bond donors (Lipinski definition) is 1. The van der Waals surface area contributed by atoms with Crippen LogP contribution in [0.2, 0.25) is 0 Å². The Bertz CT molecular complexity index is 472. The maximum Gasteiger partial charge on any atom is 0.120 e. The van der Waals surface area contributed by atoms with Crippen LogP contribution < -0.4 is 10.1 Å². The minimum absolute atomic E-state index is 0.411. The summed E-state index contributed by atoms with van der Waals surface area (Å²) in [7, 11) is 0. The van der Waals surface area contributed by atoms with Crippen molar-refractivity contribution in [1.29, 1.82) is 0 Å². The van der Waals surface area contributed by atoms with E-state index in [2.05, 4.69) is 46.4 Å². The average molecular weight is 352 g/mol. The summed E-state index contributed by atoms with van der Waals surface area (Å²) in [5.41, 5.74) is 1.31. The highest BCUT2D eigenvalue weighted by Gasteiger charge is 2.23. The van der Waals surface area contributed by atoms with Crippen molar-refractivity contribution in [3.63, 3.8) is 0 Å². The van der Waals surface area contributed by atoms with Crippen LogP contribution in [0.4, 0.5) is 0 Å². The third kappa shape index (κ3) is 4.46. The van der Waals surface area contributed by atoms with E-state index in [1.54, 1.807) is 0 Å². The van der Waals surface area contributed by atoms with Crippen molar-refractivity contribution in [2.75, 3.05) is 0 Å². The first-order valence-electron chi connectivity index (χ1n) is 8.43. The lowest BCUT2D eigenvalue weighted by Crippen LogP contribution is -2.25. The zero-order chi connectivity index (χ0) is 14.7. The number of nitrogens with one attached hydrogen (secondary N) is 1. The van der Waals surface area contributed by atoms with Crippen LogP contribution in [0.5, 0.6) is 5.75 Å². The smallest absolute Gasteiger partial charge is 0.120 e. The molecule has 1 aromatic rings. The molecule has 0 heterocycles. The molecule has 2 aliphatic carbocycles. The van der Waals surface area contributed by atoms with Crippen molar-refractivity contribution < 1.29 is 4.74 Å². The Morgan fingerprint density at radius 2 is 2.10 bits per heavy atom. The molecule has 2 aliphatic rings. The van der Waals surface area contributed by atoms with Crippen LogP contribution in [0.25, 0.3) is 0 Å². The van der Waals surface area contributed by atoms with Crippen LogP contribution >= 0.6 is 15.9 Å². The first kappa shape index (κ1) is 15.4. The number of hydrogen-bond acceptors (Lipinski definition) is 2. The van der Waals surface area contributed by atoms with Gasteiger partial charge in [0.15, 0.2) is 0 Å². The average Bonchev–Trinajstić information content (AvgIpc) is 3.32. The first-order valence-corrected chi connectivity index (χ1v) is 9.22. The quantitative estimate of drug-likeness (QED) is 0.774. The van der Waals surface area contributed by atoms with Gasteiger partial charge in [-0.2, -0.15) is 0 Å². The molecule has 3 heteroatoms. The molecule has 2 unspecified atom stereocenters. The summed E-state index contributed by atoms with van der Waals surface area (Å²) in [5, 5.41) is 3.58. The minimum Gasteiger partial charge on any atom is -0.490 e. The predicted molar refractivity (Wildman–Crippen MR) is 90.7 cm³/mol. The van der Waals surface area contributed by atoms with E-state index in [9.17, 15) is 0 Å². The summed E-state index contributed by atoms with van der Waals surface area (Å²) in [4.78, 5) is 0. The summed E-state index contributed by atoms with van der Waals surface area (Å²) in [5.74, 6) is 1.89. The third-order valence-electron chi connectivity index (χ3n) is 4.79. The maximum absolute atomic E-state index is 6.26. The van der Waals surface area contributed by atoms with E-state index in [1.165, 1.54) is 55.0 Å². The standard InChI is InChI=1S/C18H26BrNO/c1-2-13-4-3-5-16(10-13)21-17-8-9-18(19)14(11-17)12-20-15-6-7-15/h8-9,11,13,15-16,20H,2-7,10,12H2,1H3. The van der Waals surface area contributed by atoms with E-state index in [0.29, 0.717) is 6.10 Å². The topological polar surface area (TPSA) is 21.3 Å². The van der Waals surface area contributed by atoms with Gasteiger partial charge in [-0.25, -0.2) is 0 Å². The Morgan fingerprint density at radius 1 is 1.24 bits per heavy atom. The lowest BCUT2D eigenvalue weighted by atomic mass is 9.85. The van der Waals surface area contributed by atoms with Gasteiger partial charge in [0.05, 0.1) is 6.10 Å². The zero-order valence-electron chi connectivity index (χ0n) is 12.9. The van der Waals surface area contributed by atoms with Gasteiger partial charge in [0.1, 0.15) is 5.75 Å². The molecule has 1 aromatic carbocycles. The van der Waals surface area contributed by atoms with Crippen molar-refractivity contribution in [3.8, 4) is 5.75 Å².